The van der Waals surface area contributed by atoms with Crippen LogP contribution in [0.1, 0.15) is 18.4 Å². The maximum atomic E-state index is 12.8. The van der Waals surface area contributed by atoms with Crippen LogP contribution in [0.25, 0.3) is 21.8 Å². The summed E-state index contributed by atoms with van der Waals surface area (Å²) < 4.78 is 14.1. The number of aryl methyl sites for hydroxylation is 2. The average Bonchev–Trinajstić information content (AvgIpc) is 3.14. The zero-order valence-electron chi connectivity index (χ0n) is 18.4. The number of aromatic nitrogens is 3. The van der Waals surface area contributed by atoms with Crippen LogP contribution in [0.15, 0.2) is 53.5 Å². The predicted octanol–water partition coefficient (Wildman–Crippen LogP) is 3.00. The highest BCUT2D eigenvalue weighted by Crippen LogP contribution is 2.30. The van der Waals surface area contributed by atoms with Crippen LogP contribution in [0, 0.1) is 0 Å². The fourth-order valence-electron chi connectivity index (χ4n) is 4.05. The Kier molecular flexibility index (Phi) is 6.11. The first-order chi connectivity index (χ1) is 15.5. The third-order valence-corrected chi connectivity index (χ3v) is 5.61. The van der Waals surface area contributed by atoms with E-state index < -0.39 is 0 Å². The quantitative estimate of drug-likeness (QED) is 0.461. The summed E-state index contributed by atoms with van der Waals surface area (Å²) in [5.74, 6) is 1.18. The topological polar surface area (TPSA) is 87.4 Å². The minimum Gasteiger partial charge on any atom is -0.493 e. The fraction of sp³-hybridized carbons (Fsp3) is 0.292. The summed E-state index contributed by atoms with van der Waals surface area (Å²) >= 11 is 0. The van der Waals surface area contributed by atoms with Crippen LogP contribution in [0.5, 0.6) is 11.5 Å². The Morgan fingerprint density at radius 2 is 1.88 bits per heavy atom. The minimum absolute atomic E-state index is 0.0646. The van der Waals surface area contributed by atoms with Crippen molar-refractivity contribution < 1.29 is 14.3 Å². The number of hydrogen-bond donors (Lipinski definition) is 1. The standard InChI is InChI=1S/C24H26N4O4/c1-27-24(30)22-18(15-26-27)17-9-4-5-10-19(17)28(22)13-7-12-21(29)25-14-16-8-6-11-20(31-2)23(16)32-3/h4-6,8-11,15H,7,12-14H2,1-3H3,(H,25,29). The molecule has 32 heavy (non-hydrogen) atoms. The van der Waals surface area contributed by atoms with Crippen molar-refractivity contribution in [1.82, 2.24) is 19.7 Å². The molecule has 1 N–H and O–H groups in total. The van der Waals surface area contributed by atoms with Gasteiger partial charge in [-0.15, -0.1) is 0 Å². The number of hydrogen-bond acceptors (Lipinski definition) is 5. The van der Waals surface area contributed by atoms with Crippen LogP contribution < -0.4 is 20.3 Å². The number of ether oxygens (including phenoxy) is 2. The largest absolute Gasteiger partial charge is 0.493 e. The number of amides is 1. The van der Waals surface area contributed by atoms with Crippen molar-refractivity contribution in [3.05, 3.63) is 64.6 Å². The number of para-hydroxylation sites is 2. The molecule has 4 rings (SSSR count). The van der Waals surface area contributed by atoms with Crippen molar-refractivity contribution in [1.29, 1.82) is 0 Å². The van der Waals surface area contributed by atoms with Crippen molar-refractivity contribution in [3.63, 3.8) is 0 Å². The molecule has 0 fully saturated rings. The maximum absolute atomic E-state index is 12.8. The predicted molar refractivity (Wildman–Crippen MR) is 123 cm³/mol. The Hall–Kier alpha value is -3.81. The molecule has 0 atom stereocenters. The van der Waals surface area contributed by atoms with Gasteiger partial charge in [-0.05, 0) is 18.6 Å². The molecule has 0 aliphatic rings. The second-order valence-corrected chi connectivity index (χ2v) is 7.54. The Labute approximate surface area is 185 Å². The molecule has 2 heterocycles. The number of nitrogens with one attached hydrogen (secondary N) is 1. The number of nitrogens with zero attached hydrogens (tertiary/aromatic N) is 3. The van der Waals surface area contributed by atoms with Crippen molar-refractivity contribution in [2.24, 2.45) is 7.05 Å². The highest BCUT2D eigenvalue weighted by molar-refractivity contribution is 6.07. The van der Waals surface area contributed by atoms with Gasteiger partial charge in [-0.25, -0.2) is 4.68 Å². The van der Waals surface area contributed by atoms with E-state index in [0.29, 0.717) is 42.9 Å². The number of carbonyl (C=O) groups is 1. The molecule has 0 bridgehead atoms. The minimum atomic E-state index is -0.145. The summed E-state index contributed by atoms with van der Waals surface area (Å²) in [5.41, 5.74) is 2.28. The molecule has 0 aliphatic heterocycles. The lowest BCUT2D eigenvalue weighted by Crippen LogP contribution is -2.24. The smallest absolute Gasteiger partial charge is 0.291 e. The molecule has 0 saturated heterocycles. The number of fused-ring (bicyclic) bond motifs is 3. The molecule has 0 aliphatic carbocycles. The second-order valence-electron chi connectivity index (χ2n) is 7.54. The molecule has 0 radical (unpaired) electrons. The molecule has 166 valence electrons. The van der Waals surface area contributed by atoms with Gasteiger partial charge in [-0.1, -0.05) is 30.3 Å². The second kappa shape index (κ2) is 9.13. The van der Waals surface area contributed by atoms with Gasteiger partial charge in [0.25, 0.3) is 5.56 Å². The lowest BCUT2D eigenvalue weighted by molar-refractivity contribution is -0.121. The van der Waals surface area contributed by atoms with Gasteiger partial charge in [-0.3, -0.25) is 9.59 Å². The Morgan fingerprint density at radius 1 is 1.06 bits per heavy atom. The van der Waals surface area contributed by atoms with Gasteiger partial charge in [0, 0.05) is 48.4 Å². The van der Waals surface area contributed by atoms with Crippen molar-refractivity contribution in [2.45, 2.75) is 25.9 Å². The van der Waals surface area contributed by atoms with Crippen molar-refractivity contribution in [2.75, 3.05) is 14.2 Å². The summed E-state index contributed by atoms with van der Waals surface area (Å²) in [6, 6.07) is 13.4. The zero-order valence-corrected chi connectivity index (χ0v) is 18.4. The number of rotatable bonds is 8. The van der Waals surface area contributed by atoms with E-state index in [1.54, 1.807) is 27.5 Å². The van der Waals surface area contributed by atoms with Crippen molar-refractivity contribution >= 4 is 27.7 Å². The van der Waals surface area contributed by atoms with Gasteiger partial charge in [0.05, 0.1) is 20.4 Å². The first kappa shape index (κ1) is 21.4. The lowest BCUT2D eigenvalue weighted by Gasteiger charge is -2.13. The first-order valence-corrected chi connectivity index (χ1v) is 10.4. The molecular weight excluding hydrogens is 408 g/mol. The number of carbonyl (C=O) groups excluding carboxylic acids is 1. The summed E-state index contributed by atoms with van der Waals surface area (Å²) in [6.07, 6.45) is 2.66. The van der Waals surface area contributed by atoms with Crippen LogP contribution in [0.2, 0.25) is 0 Å². The van der Waals surface area contributed by atoms with Gasteiger partial charge in [0.15, 0.2) is 11.5 Å². The molecule has 4 aromatic rings. The van der Waals surface area contributed by atoms with E-state index in [-0.39, 0.29) is 11.5 Å². The van der Waals surface area contributed by atoms with Crippen LogP contribution in [-0.4, -0.2) is 34.5 Å². The summed E-state index contributed by atoms with van der Waals surface area (Å²) in [4.78, 5) is 25.2. The van der Waals surface area contributed by atoms with Crippen LogP contribution in [-0.2, 0) is 24.9 Å². The van der Waals surface area contributed by atoms with Crippen molar-refractivity contribution in [3.8, 4) is 11.5 Å². The monoisotopic (exact) mass is 434 g/mol. The van der Waals surface area contributed by atoms with E-state index in [1.165, 1.54) is 4.68 Å². The Bertz CT molecular complexity index is 1340. The van der Waals surface area contributed by atoms with E-state index in [2.05, 4.69) is 10.4 Å². The average molecular weight is 434 g/mol. The Morgan fingerprint density at radius 3 is 2.66 bits per heavy atom. The van der Waals surface area contributed by atoms with Gasteiger partial charge >= 0.3 is 0 Å². The molecule has 1 amide bonds. The van der Waals surface area contributed by atoms with E-state index >= 15 is 0 Å². The van der Waals surface area contributed by atoms with E-state index in [4.69, 9.17) is 9.47 Å². The summed E-state index contributed by atoms with van der Waals surface area (Å²) in [7, 11) is 4.80. The van der Waals surface area contributed by atoms with E-state index in [0.717, 1.165) is 21.9 Å². The third kappa shape index (κ3) is 3.91. The third-order valence-electron chi connectivity index (χ3n) is 5.61. The van der Waals surface area contributed by atoms with Gasteiger partial charge in [0.2, 0.25) is 5.91 Å². The van der Waals surface area contributed by atoms with Crippen LogP contribution in [0.3, 0.4) is 0 Å². The van der Waals surface area contributed by atoms with Gasteiger partial charge in [0.1, 0.15) is 5.52 Å². The SMILES string of the molecule is COc1cccc(CNC(=O)CCCn2c3ccccc3c3cnn(C)c(=O)c32)c1OC. The normalized spacial score (nSPS) is 11.1. The highest BCUT2D eigenvalue weighted by atomic mass is 16.5. The Balaban J connectivity index is 1.46. The highest BCUT2D eigenvalue weighted by Gasteiger charge is 2.15. The lowest BCUT2D eigenvalue weighted by atomic mass is 10.1. The molecule has 8 heteroatoms. The summed E-state index contributed by atoms with van der Waals surface area (Å²) in [6.45, 7) is 0.903. The molecule has 2 aromatic heterocycles. The first-order valence-electron chi connectivity index (χ1n) is 10.4. The molecule has 2 aromatic carbocycles. The molecular formula is C24H26N4O4. The molecule has 0 unspecified atom stereocenters. The number of benzene rings is 2. The van der Waals surface area contributed by atoms with Crippen LogP contribution in [0.4, 0.5) is 0 Å². The van der Waals surface area contributed by atoms with E-state index in [1.807, 2.05) is 47.0 Å². The molecule has 0 spiro atoms. The zero-order chi connectivity index (χ0) is 22.7. The number of methoxy groups -OCH3 is 2. The van der Waals surface area contributed by atoms with E-state index in [9.17, 15) is 9.59 Å². The van der Waals surface area contributed by atoms with Gasteiger partial charge in [-0.2, -0.15) is 5.10 Å². The maximum Gasteiger partial charge on any atom is 0.291 e. The molecule has 0 saturated carbocycles. The molecule has 8 nitrogen and oxygen atoms in total. The fourth-order valence-corrected chi connectivity index (χ4v) is 4.05. The van der Waals surface area contributed by atoms with Gasteiger partial charge < -0.3 is 19.4 Å². The van der Waals surface area contributed by atoms with Crippen LogP contribution >= 0.6 is 0 Å². The summed E-state index contributed by atoms with van der Waals surface area (Å²) in [5, 5.41) is 8.93.